The summed E-state index contributed by atoms with van der Waals surface area (Å²) in [4.78, 5) is 24.4. The summed E-state index contributed by atoms with van der Waals surface area (Å²) >= 11 is 1.21. The second-order valence-corrected chi connectivity index (χ2v) is 3.17. The van der Waals surface area contributed by atoms with Crippen LogP contribution < -0.4 is 11.2 Å². The predicted octanol–water partition coefficient (Wildman–Crippen LogP) is 0.687. The number of rotatable bonds is 0. The van der Waals surface area contributed by atoms with Gasteiger partial charge in [0, 0.05) is 0 Å². The van der Waals surface area contributed by atoms with Crippen molar-refractivity contribution in [2.75, 3.05) is 0 Å². The molecule has 1 aromatic rings. The zero-order valence-electron chi connectivity index (χ0n) is 5.83. The third-order valence-corrected chi connectivity index (χ3v) is 2.20. The van der Waals surface area contributed by atoms with Crippen LogP contribution in [0.25, 0.3) is 0 Å². The largest absolute Gasteiger partial charge is 0.432 e. The van der Waals surface area contributed by atoms with E-state index in [0.29, 0.717) is 0 Å². The third-order valence-electron chi connectivity index (χ3n) is 1.17. The van der Waals surface area contributed by atoms with E-state index < -0.39 is 26.7 Å². The first-order valence-corrected chi connectivity index (χ1v) is 3.99. The van der Waals surface area contributed by atoms with Gasteiger partial charge in [0.1, 0.15) is 9.26 Å². The van der Waals surface area contributed by atoms with Crippen molar-refractivity contribution in [3.63, 3.8) is 0 Å². The van der Waals surface area contributed by atoms with E-state index in [9.17, 15) is 22.8 Å². The summed E-state index contributed by atoms with van der Waals surface area (Å²) in [7, 11) is 0. The zero-order chi connectivity index (χ0) is 10.2. The molecule has 0 fully saturated rings. The highest BCUT2D eigenvalue weighted by Crippen LogP contribution is 2.28. The first-order valence-electron chi connectivity index (χ1n) is 2.91. The van der Waals surface area contributed by atoms with Crippen LogP contribution in [0.2, 0.25) is 0 Å². The maximum absolute atomic E-state index is 12.1. The Bertz CT molecular complexity index is 433. The van der Waals surface area contributed by atoms with Gasteiger partial charge in [-0.3, -0.25) is 9.78 Å². The molecule has 0 spiro atoms. The topological polar surface area (TPSA) is 65.7 Å². The van der Waals surface area contributed by atoms with Crippen molar-refractivity contribution in [2.24, 2.45) is 0 Å². The number of alkyl halides is 3. The van der Waals surface area contributed by atoms with Crippen molar-refractivity contribution >= 4 is 22.6 Å². The highest BCUT2D eigenvalue weighted by atomic mass is 127. The molecule has 0 aliphatic carbocycles. The molecule has 0 bridgehead atoms. The Hall–Kier alpha value is -0.800. The van der Waals surface area contributed by atoms with E-state index in [1.54, 1.807) is 4.98 Å². The van der Waals surface area contributed by atoms with Crippen LogP contribution in [0, 0.1) is 3.57 Å². The summed E-state index contributed by atoms with van der Waals surface area (Å²) < 4.78 is 35.7. The minimum atomic E-state index is -4.72. The fraction of sp³-hybridized carbons (Fsp3) is 0.200. The maximum atomic E-state index is 12.1. The summed E-state index contributed by atoms with van der Waals surface area (Å²) in [5.74, 6) is 0. The molecular weight excluding hydrogens is 304 g/mol. The van der Waals surface area contributed by atoms with Gasteiger partial charge in [0.05, 0.1) is 0 Å². The number of aromatic nitrogens is 2. The summed E-state index contributed by atoms with van der Waals surface area (Å²) in [6, 6.07) is 0. The fourth-order valence-electron chi connectivity index (χ4n) is 0.666. The molecule has 0 aliphatic rings. The van der Waals surface area contributed by atoms with Gasteiger partial charge in [0.25, 0.3) is 5.56 Å². The van der Waals surface area contributed by atoms with E-state index in [1.165, 1.54) is 27.6 Å². The molecule has 0 aliphatic heterocycles. The molecule has 13 heavy (non-hydrogen) atoms. The lowest BCUT2D eigenvalue weighted by molar-refractivity contribution is -0.142. The molecule has 0 saturated carbocycles. The molecule has 1 heterocycles. The first kappa shape index (κ1) is 10.3. The Morgan fingerprint density at radius 1 is 1.15 bits per heavy atom. The number of hydrogen-bond acceptors (Lipinski definition) is 2. The average Bonchev–Trinajstić information content (AvgIpc) is 1.94. The molecule has 4 nitrogen and oxygen atoms in total. The maximum Gasteiger partial charge on any atom is 0.432 e. The number of nitrogens with one attached hydrogen (secondary N) is 2. The van der Waals surface area contributed by atoms with Gasteiger partial charge < -0.3 is 4.98 Å². The van der Waals surface area contributed by atoms with Crippen molar-refractivity contribution in [1.29, 1.82) is 0 Å². The molecule has 0 atom stereocenters. The lowest BCUT2D eigenvalue weighted by atomic mass is 10.4. The van der Waals surface area contributed by atoms with Crippen LogP contribution in [0.1, 0.15) is 5.69 Å². The van der Waals surface area contributed by atoms with Gasteiger partial charge >= 0.3 is 11.9 Å². The van der Waals surface area contributed by atoms with E-state index in [4.69, 9.17) is 0 Å². The van der Waals surface area contributed by atoms with Crippen LogP contribution in [0.3, 0.4) is 0 Å². The van der Waals surface area contributed by atoms with Gasteiger partial charge in [-0.15, -0.1) is 0 Å². The highest BCUT2D eigenvalue weighted by Gasteiger charge is 2.35. The van der Waals surface area contributed by atoms with Crippen LogP contribution in [0.4, 0.5) is 13.2 Å². The van der Waals surface area contributed by atoms with E-state index in [0.717, 1.165) is 0 Å². The second kappa shape index (κ2) is 3.16. The van der Waals surface area contributed by atoms with Crippen LogP contribution in [0.15, 0.2) is 9.59 Å². The van der Waals surface area contributed by atoms with Gasteiger partial charge in [0.15, 0.2) is 0 Å². The van der Waals surface area contributed by atoms with Crippen molar-refractivity contribution < 1.29 is 13.2 Å². The second-order valence-electron chi connectivity index (χ2n) is 2.09. The van der Waals surface area contributed by atoms with Crippen molar-refractivity contribution in [1.82, 2.24) is 9.97 Å². The summed E-state index contributed by atoms with van der Waals surface area (Å²) in [5, 5.41) is 0. The van der Waals surface area contributed by atoms with Gasteiger partial charge in [-0.25, -0.2) is 4.79 Å². The molecular formula is C5H2F3IN2O2. The number of halogens is 4. The Morgan fingerprint density at radius 2 is 1.69 bits per heavy atom. The molecule has 1 aromatic heterocycles. The minimum absolute atomic E-state index is 0.579. The van der Waals surface area contributed by atoms with Crippen LogP contribution >= 0.6 is 22.6 Å². The molecule has 0 aromatic carbocycles. The summed E-state index contributed by atoms with van der Waals surface area (Å²) in [6.45, 7) is 0. The van der Waals surface area contributed by atoms with Gasteiger partial charge in [-0.05, 0) is 22.6 Å². The summed E-state index contributed by atoms with van der Waals surface area (Å²) in [5.41, 5.74) is -3.53. The minimum Gasteiger partial charge on any atom is -0.302 e. The number of H-pyrrole nitrogens is 2. The number of hydrogen-bond donors (Lipinski definition) is 2. The third kappa shape index (κ3) is 2.11. The summed E-state index contributed by atoms with van der Waals surface area (Å²) in [6.07, 6.45) is -4.72. The highest BCUT2D eigenvalue weighted by molar-refractivity contribution is 14.1. The van der Waals surface area contributed by atoms with Gasteiger partial charge in [-0.2, -0.15) is 13.2 Å². The Kier molecular flexibility index (Phi) is 2.50. The smallest absolute Gasteiger partial charge is 0.302 e. The predicted molar refractivity (Wildman–Crippen MR) is 45.4 cm³/mol. The van der Waals surface area contributed by atoms with Gasteiger partial charge in [0.2, 0.25) is 0 Å². The molecule has 0 amide bonds. The molecule has 8 heteroatoms. The monoisotopic (exact) mass is 306 g/mol. The Balaban J connectivity index is 3.56. The van der Waals surface area contributed by atoms with Crippen molar-refractivity contribution in [3.05, 3.63) is 30.1 Å². The Labute approximate surface area is 82.3 Å². The van der Waals surface area contributed by atoms with Crippen LogP contribution in [0.5, 0.6) is 0 Å². The fourth-order valence-corrected chi connectivity index (χ4v) is 1.24. The van der Waals surface area contributed by atoms with E-state index in [1.807, 2.05) is 0 Å². The van der Waals surface area contributed by atoms with Crippen LogP contribution in [-0.4, -0.2) is 9.97 Å². The molecule has 0 saturated heterocycles. The molecule has 0 radical (unpaired) electrons. The molecule has 0 unspecified atom stereocenters. The SMILES string of the molecule is O=c1[nH]c(C(F)(F)F)c(I)c(=O)[nH]1. The zero-order valence-corrected chi connectivity index (χ0v) is 7.99. The van der Waals surface area contributed by atoms with E-state index >= 15 is 0 Å². The van der Waals surface area contributed by atoms with Gasteiger partial charge in [-0.1, -0.05) is 0 Å². The standard InChI is InChI=1S/C5H2F3IN2O2/c6-5(7,8)2-1(9)3(12)11-4(13)10-2/h(H2,10,11,12,13). The Morgan fingerprint density at radius 3 is 2.15 bits per heavy atom. The lowest BCUT2D eigenvalue weighted by Gasteiger charge is -2.06. The normalized spacial score (nSPS) is 11.7. The first-order chi connectivity index (χ1) is 5.82. The van der Waals surface area contributed by atoms with Crippen LogP contribution in [-0.2, 0) is 6.18 Å². The van der Waals surface area contributed by atoms with Crippen molar-refractivity contribution in [2.45, 2.75) is 6.18 Å². The average molecular weight is 306 g/mol. The van der Waals surface area contributed by atoms with E-state index in [2.05, 4.69) is 0 Å². The molecule has 1 rings (SSSR count). The lowest BCUT2D eigenvalue weighted by Crippen LogP contribution is -2.30. The van der Waals surface area contributed by atoms with E-state index in [-0.39, 0.29) is 0 Å². The quantitative estimate of drug-likeness (QED) is 0.693. The number of aromatic amines is 2. The molecule has 72 valence electrons. The van der Waals surface area contributed by atoms with Crippen molar-refractivity contribution in [3.8, 4) is 0 Å². The molecule has 2 N–H and O–H groups in total.